The maximum atomic E-state index is 13.6. The molecular weight excluding hydrogens is 536 g/mol. The van der Waals surface area contributed by atoms with Crippen LogP contribution in [0.4, 0.5) is 9.59 Å². The van der Waals surface area contributed by atoms with Crippen LogP contribution >= 0.6 is 15.9 Å². The molecule has 0 aliphatic carbocycles. The molecule has 0 fully saturated rings. The zero-order valence-electron chi connectivity index (χ0n) is 23.2. The van der Waals surface area contributed by atoms with Crippen LogP contribution in [0.15, 0.2) is 22.7 Å². The van der Waals surface area contributed by atoms with Gasteiger partial charge in [-0.3, -0.25) is 0 Å². The van der Waals surface area contributed by atoms with Gasteiger partial charge in [0.1, 0.15) is 23.8 Å². The number of pyridine rings is 2. The Balaban J connectivity index is 1.89. The van der Waals surface area contributed by atoms with Crippen LogP contribution < -0.4 is 4.57 Å². The van der Waals surface area contributed by atoms with E-state index in [2.05, 4.69) is 32.6 Å². The van der Waals surface area contributed by atoms with Gasteiger partial charge in [-0.2, -0.15) is 0 Å². The second-order valence-corrected chi connectivity index (χ2v) is 12.5. The first-order chi connectivity index (χ1) is 17.1. The highest BCUT2D eigenvalue weighted by molar-refractivity contribution is 9.10. The maximum absolute atomic E-state index is 13.6. The number of aryl methyl sites for hydroxylation is 2. The fourth-order valence-electron chi connectivity index (χ4n) is 4.45. The van der Waals surface area contributed by atoms with Gasteiger partial charge in [0.15, 0.2) is 11.4 Å². The average molecular weight is 573 g/mol. The highest BCUT2D eigenvalue weighted by atomic mass is 79.9. The Morgan fingerprint density at radius 3 is 2.11 bits per heavy atom. The van der Waals surface area contributed by atoms with Crippen molar-refractivity contribution in [3.63, 3.8) is 0 Å². The number of aromatic nitrogens is 3. The van der Waals surface area contributed by atoms with E-state index in [1.54, 1.807) is 9.47 Å². The van der Waals surface area contributed by atoms with Crippen LogP contribution in [0, 0.1) is 13.8 Å². The summed E-state index contributed by atoms with van der Waals surface area (Å²) in [5, 5.41) is 0. The third-order valence-corrected chi connectivity index (χ3v) is 7.08. The number of hydrogen-bond acceptors (Lipinski definition) is 5. The van der Waals surface area contributed by atoms with Gasteiger partial charge in [-0.25, -0.2) is 23.7 Å². The number of rotatable bonds is 1. The Kier molecular flexibility index (Phi) is 6.90. The molecule has 37 heavy (non-hydrogen) atoms. The van der Waals surface area contributed by atoms with Crippen LogP contribution in [0.25, 0.3) is 22.3 Å². The third-order valence-electron chi connectivity index (χ3n) is 6.33. The molecule has 0 radical (unpaired) electrons. The third kappa shape index (κ3) is 5.51. The Morgan fingerprint density at radius 2 is 1.54 bits per heavy atom. The van der Waals surface area contributed by atoms with Gasteiger partial charge in [-0.05, 0) is 75.5 Å². The minimum atomic E-state index is -0.665. The zero-order chi connectivity index (χ0) is 27.4. The molecular formula is C28H36BrN4O4+. The largest absolute Gasteiger partial charge is 0.444 e. The number of hydrogen-bond donors (Lipinski definition) is 0. The highest BCUT2D eigenvalue weighted by Gasteiger charge is 2.31. The summed E-state index contributed by atoms with van der Waals surface area (Å²) in [4.78, 5) is 32.9. The summed E-state index contributed by atoms with van der Waals surface area (Å²) in [6.45, 7) is 16.1. The smallest absolute Gasteiger partial charge is 0.419 e. The van der Waals surface area contributed by atoms with Crippen molar-refractivity contribution in [2.75, 3.05) is 6.54 Å². The molecule has 0 spiro atoms. The van der Waals surface area contributed by atoms with Crippen LogP contribution in [0.5, 0.6) is 0 Å². The number of ether oxygens (including phenoxy) is 2. The number of nitrogens with zero attached hydrogens (tertiary/aromatic N) is 4. The lowest BCUT2D eigenvalue weighted by Gasteiger charge is -2.30. The van der Waals surface area contributed by atoms with Crippen molar-refractivity contribution < 1.29 is 23.6 Å². The quantitative estimate of drug-likeness (QED) is 0.335. The SMILES string of the molecule is Cc1cc(-c2c(Br)c3nc4c(cc3n2C(=O)OC(C)(C)C)CCN(C(=O)OC(C)(C)C)C4)cc(C)[n+]1C. The van der Waals surface area contributed by atoms with Crippen LogP contribution in [0.2, 0.25) is 0 Å². The van der Waals surface area contributed by atoms with Crippen molar-refractivity contribution in [3.05, 3.63) is 45.3 Å². The van der Waals surface area contributed by atoms with Crippen molar-refractivity contribution in [2.45, 2.75) is 79.6 Å². The molecule has 0 saturated heterocycles. The normalized spacial score (nSPS) is 14.1. The summed E-state index contributed by atoms with van der Waals surface area (Å²) >= 11 is 3.76. The molecule has 0 bridgehead atoms. The number of carbonyl (C=O) groups excluding carboxylic acids is 2. The van der Waals surface area contributed by atoms with E-state index in [0.717, 1.165) is 28.2 Å². The minimum absolute atomic E-state index is 0.346. The van der Waals surface area contributed by atoms with E-state index >= 15 is 0 Å². The van der Waals surface area contributed by atoms with Gasteiger partial charge in [0.05, 0.1) is 27.9 Å². The average Bonchev–Trinajstić information content (AvgIpc) is 3.04. The topological polar surface area (TPSA) is 77.5 Å². The maximum Gasteiger partial charge on any atom is 0.419 e. The number of halogens is 1. The molecule has 3 aromatic rings. The predicted octanol–water partition coefficient (Wildman–Crippen LogP) is 5.98. The summed E-state index contributed by atoms with van der Waals surface area (Å²) in [7, 11) is 2.01. The molecule has 1 aliphatic rings. The Bertz CT molecular complexity index is 1390. The Morgan fingerprint density at radius 1 is 0.973 bits per heavy atom. The van der Waals surface area contributed by atoms with E-state index in [1.165, 1.54) is 0 Å². The molecule has 1 amide bonds. The van der Waals surface area contributed by atoms with Gasteiger partial charge in [0.2, 0.25) is 0 Å². The summed E-state index contributed by atoms with van der Waals surface area (Å²) in [6, 6.07) is 6.11. The molecule has 198 valence electrons. The molecule has 0 unspecified atom stereocenters. The molecule has 0 aromatic carbocycles. The Hall–Kier alpha value is -2.94. The van der Waals surface area contributed by atoms with Gasteiger partial charge >= 0.3 is 12.2 Å². The fraction of sp³-hybridized carbons (Fsp3) is 0.500. The molecule has 3 aromatic heterocycles. The molecule has 8 nitrogen and oxygen atoms in total. The van der Waals surface area contributed by atoms with Crippen molar-refractivity contribution in [1.29, 1.82) is 0 Å². The van der Waals surface area contributed by atoms with E-state index in [1.807, 2.05) is 68.5 Å². The number of fused-ring (bicyclic) bond motifs is 2. The van der Waals surface area contributed by atoms with Crippen LogP contribution in [0.3, 0.4) is 0 Å². The second kappa shape index (κ2) is 9.42. The lowest BCUT2D eigenvalue weighted by atomic mass is 10.0. The van der Waals surface area contributed by atoms with Gasteiger partial charge in [-0.15, -0.1) is 0 Å². The van der Waals surface area contributed by atoms with Gasteiger partial charge in [0.25, 0.3) is 0 Å². The monoisotopic (exact) mass is 571 g/mol. The molecule has 0 atom stereocenters. The van der Waals surface area contributed by atoms with Gasteiger partial charge in [-0.1, -0.05) is 0 Å². The summed E-state index contributed by atoms with van der Waals surface area (Å²) in [5.41, 5.74) is 5.57. The number of carbonyl (C=O) groups is 2. The van der Waals surface area contributed by atoms with Gasteiger partial charge in [0, 0.05) is 38.1 Å². The summed E-state index contributed by atoms with van der Waals surface area (Å²) < 4.78 is 15.8. The van der Waals surface area contributed by atoms with Crippen molar-refractivity contribution in [3.8, 4) is 11.3 Å². The van der Waals surface area contributed by atoms with Crippen LogP contribution in [-0.4, -0.2) is 44.4 Å². The Labute approximate surface area is 226 Å². The van der Waals surface area contributed by atoms with E-state index in [4.69, 9.17) is 14.5 Å². The number of amides is 1. The predicted molar refractivity (Wildman–Crippen MR) is 145 cm³/mol. The lowest BCUT2D eigenvalue weighted by Crippen LogP contribution is -2.40. The van der Waals surface area contributed by atoms with E-state index in [9.17, 15) is 9.59 Å². The molecule has 0 N–H and O–H groups in total. The first-order valence-corrected chi connectivity index (χ1v) is 13.3. The van der Waals surface area contributed by atoms with E-state index < -0.39 is 17.3 Å². The molecule has 9 heteroatoms. The molecule has 4 rings (SSSR count). The fourth-order valence-corrected chi connectivity index (χ4v) is 5.15. The molecule has 0 saturated carbocycles. The van der Waals surface area contributed by atoms with Crippen LogP contribution in [0.1, 0.15) is 64.2 Å². The minimum Gasteiger partial charge on any atom is -0.444 e. The summed E-state index contributed by atoms with van der Waals surface area (Å²) in [6.07, 6.45) is -0.201. The standard InChI is InChI=1S/C28H36BrN4O4/c1-16-12-19(13-17(2)31(16)9)24-22(29)23-21(33(24)26(35)37-28(6,7)8)14-18-10-11-32(15-20(18)30-23)25(34)36-27(3,4)5/h12-14H,10-11,15H2,1-9H3/q+1. The summed E-state index contributed by atoms with van der Waals surface area (Å²) in [5.74, 6) is 0. The zero-order valence-corrected chi connectivity index (χ0v) is 24.7. The van der Waals surface area contributed by atoms with Crippen molar-refractivity contribution in [1.82, 2.24) is 14.5 Å². The first-order valence-electron chi connectivity index (χ1n) is 12.5. The van der Waals surface area contributed by atoms with Crippen LogP contribution in [-0.2, 0) is 29.5 Å². The lowest BCUT2D eigenvalue weighted by molar-refractivity contribution is -0.683. The highest BCUT2D eigenvalue weighted by Crippen LogP contribution is 2.39. The van der Waals surface area contributed by atoms with Crippen molar-refractivity contribution >= 4 is 39.1 Å². The van der Waals surface area contributed by atoms with Gasteiger partial charge < -0.3 is 14.4 Å². The van der Waals surface area contributed by atoms with Crippen molar-refractivity contribution in [2.24, 2.45) is 7.05 Å². The molecule has 4 heterocycles. The van der Waals surface area contributed by atoms with E-state index in [-0.39, 0.29) is 6.09 Å². The molecule has 1 aliphatic heterocycles. The second-order valence-electron chi connectivity index (χ2n) is 11.7. The van der Waals surface area contributed by atoms with E-state index in [0.29, 0.717) is 40.7 Å². The first kappa shape index (κ1) is 27.1.